The predicted octanol–water partition coefficient (Wildman–Crippen LogP) is 4.83. The third-order valence-electron chi connectivity index (χ3n) is 4.59. The number of rotatable bonds is 7. The van der Waals surface area contributed by atoms with E-state index >= 15 is 0 Å². The maximum absolute atomic E-state index is 13.2. The summed E-state index contributed by atoms with van der Waals surface area (Å²) < 4.78 is 4.93. The summed E-state index contributed by atoms with van der Waals surface area (Å²) in [4.78, 5) is 22.6. The van der Waals surface area contributed by atoms with E-state index in [-0.39, 0.29) is 18.3 Å². The summed E-state index contributed by atoms with van der Waals surface area (Å²) >= 11 is 8.88. The number of aromatic nitrogens is 3. The minimum absolute atomic E-state index is 0. The molecule has 1 amide bonds. The molecule has 3 rings (SSSR count). The molecule has 1 aromatic carbocycles. The topological polar surface area (TPSA) is 62.2 Å². The van der Waals surface area contributed by atoms with Crippen molar-refractivity contribution in [2.45, 2.75) is 27.7 Å². The summed E-state index contributed by atoms with van der Waals surface area (Å²) in [6.07, 6.45) is 0. The molecule has 0 spiro atoms. The summed E-state index contributed by atoms with van der Waals surface area (Å²) in [6, 6.07) is 3.83. The van der Waals surface area contributed by atoms with Crippen LogP contribution in [-0.4, -0.2) is 51.6 Å². The van der Waals surface area contributed by atoms with Gasteiger partial charge in [-0.3, -0.25) is 9.69 Å². The molecule has 3 aromatic rings. The molecule has 0 unspecified atom stereocenters. The van der Waals surface area contributed by atoms with Gasteiger partial charge in [0.05, 0.1) is 15.9 Å². The fourth-order valence-corrected chi connectivity index (χ4v) is 4.63. The molecule has 0 radical (unpaired) electrons. The van der Waals surface area contributed by atoms with Crippen molar-refractivity contribution < 1.29 is 4.79 Å². The first-order valence-corrected chi connectivity index (χ1v) is 10.8. The molecule has 0 aliphatic carbocycles. The van der Waals surface area contributed by atoms with Crippen LogP contribution in [0.1, 0.15) is 34.8 Å². The SMILES string of the molecule is CCN(CC)CCN(C(=O)c1snnc1C)c1nc2c(C)c(Cl)ccc2s1.Cl. The van der Waals surface area contributed by atoms with Crippen molar-refractivity contribution in [2.75, 3.05) is 31.1 Å². The van der Waals surface area contributed by atoms with Gasteiger partial charge >= 0.3 is 0 Å². The Labute approximate surface area is 184 Å². The number of halogens is 2. The van der Waals surface area contributed by atoms with Gasteiger partial charge in [0.1, 0.15) is 4.88 Å². The smallest absolute Gasteiger partial charge is 0.273 e. The molecular weight excluding hydrogens is 437 g/mol. The highest BCUT2D eigenvalue weighted by Gasteiger charge is 2.25. The molecule has 0 N–H and O–H groups in total. The summed E-state index contributed by atoms with van der Waals surface area (Å²) in [5.74, 6) is -0.0996. The van der Waals surface area contributed by atoms with E-state index < -0.39 is 0 Å². The van der Waals surface area contributed by atoms with E-state index in [0.29, 0.717) is 27.3 Å². The first-order chi connectivity index (χ1) is 13.0. The molecule has 10 heteroatoms. The Balaban J connectivity index is 0.00000280. The van der Waals surface area contributed by atoms with Gasteiger partial charge in [0.2, 0.25) is 0 Å². The number of fused-ring (bicyclic) bond motifs is 1. The Hall–Kier alpha value is -1.32. The highest BCUT2D eigenvalue weighted by molar-refractivity contribution is 7.22. The average molecular weight is 460 g/mol. The van der Waals surface area contributed by atoms with Crippen molar-refractivity contribution in [3.8, 4) is 0 Å². The predicted molar refractivity (Wildman–Crippen MR) is 121 cm³/mol. The minimum Gasteiger partial charge on any atom is -0.302 e. The number of carbonyl (C=O) groups is 1. The number of thiazole rings is 1. The van der Waals surface area contributed by atoms with Gasteiger partial charge in [-0.15, -0.1) is 17.5 Å². The summed E-state index contributed by atoms with van der Waals surface area (Å²) in [6.45, 7) is 11.2. The van der Waals surface area contributed by atoms with Crippen LogP contribution in [0.4, 0.5) is 5.13 Å². The maximum atomic E-state index is 13.2. The lowest BCUT2D eigenvalue weighted by molar-refractivity contribution is 0.0987. The molecular formula is C18H23Cl2N5OS2. The minimum atomic E-state index is -0.0996. The van der Waals surface area contributed by atoms with Crippen molar-refractivity contribution in [3.63, 3.8) is 0 Å². The van der Waals surface area contributed by atoms with Gasteiger partial charge in [0.25, 0.3) is 5.91 Å². The van der Waals surface area contributed by atoms with Crippen molar-refractivity contribution in [1.29, 1.82) is 0 Å². The number of likely N-dealkylation sites (N-methyl/N-ethyl adjacent to an activating group) is 1. The van der Waals surface area contributed by atoms with Crippen LogP contribution in [0.2, 0.25) is 5.02 Å². The van der Waals surface area contributed by atoms with Crippen LogP contribution in [0, 0.1) is 13.8 Å². The summed E-state index contributed by atoms with van der Waals surface area (Å²) in [5, 5.41) is 5.35. The maximum Gasteiger partial charge on any atom is 0.273 e. The monoisotopic (exact) mass is 459 g/mol. The van der Waals surface area contributed by atoms with E-state index in [1.165, 1.54) is 11.3 Å². The fraction of sp³-hybridized carbons (Fsp3) is 0.444. The summed E-state index contributed by atoms with van der Waals surface area (Å²) in [5.41, 5.74) is 2.43. The zero-order valence-corrected chi connectivity index (χ0v) is 19.4. The highest BCUT2D eigenvalue weighted by Crippen LogP contribution is 2.34. The first-order valence-electron chi connectivity index (χ1n) is 8.85. The van der Waals surface area contributed by atoms with Crippen molar-refractivity contribution in [1.82, 2.24) is 19.5 Å². The Morgan fingerprint density at radius 3 is 2.50 bits per heavy atom. The second-order valence-corrected chi connectivity index (χ2v) is 8.36. The number of carbonyl (C=O) groups excluding carboxylic acids is 1. The molecule has 0 saturated carbocycles. The molecule has 6 nitrogen and oxygen atoms in total. The lowest BCUT2D eigenvalue weighted by Crippen LogP contribution is -2.38. The van der Waals surface area contributed by atoms with E-state index in [0.717, 1.165) is 46.9 Å². The Morgan fingerprint density at radius 2 is 1.89 bits per heavy atom. The number of benzene rings is 1. The Bertz CT molecular complexity index is 955. The normalized spacial score (nSPS) is 11.1. The molecule has 28 heavy (non-hydrogen) atoms. The lowest BCUT2D eigenvalue weighted by atomic mass is 10.2. The van der Waals surface area contributed by atoms with Crippen LogP contribution in [0.5, 0.6) is 0 Å². The lowest BCUT2D eigenvalue weighted by Gasteiger charge is -2.24. The van der Waals surface area contributed by atoms with Crippen LogP contribution < -0.4 is 4.90 Å². The second kappa shape index (κ2) is 9.93. The molecule has 0 fully saturated rings. The quantitative estimate of drug-likeness (QED) is 0.506. The summed E-state index contributed by atoms with van der Waals surface area (Å²) in [7, 11) is 0. The third-order valence-corrected chi connectivity index (χ3v) is 6.86. The van der Waals surface area contributed by atoms with E-state index in [4.69, 9.17) is 16.6 Å². The number of nitrogens with zero attached hydrogens (tertiary/aromatic N) is 5. The number of hydrogen-bond donors (Lipinski definition) is 0. The van der Waals surface area contributed by atoms with Crippen LogP contribution in [0.25, 0.3) is 10.2 Å². The van der Waals surface area contributed by atoms with Crippen LogP contribution in [0.15, 0.2) is 12.1 Å². The van der Waals surface area contributed by atoms with Gasteiger partial charge in [-0.2, -0.15) is 0 Å². The van der Waals surface area contributed by atoms with Gasteiger partial charge < -0.3 is 4.90 Å². The van der Waals surface area contributed by atoms with Crippen LogP contribution >= 0.6 is 46.9 Å². The third kappa shape index (κ3) is 4.63. The van der Waals surface area contributed by atoms with E-state index in [1.807, 2.05) is 26.0 Å². The van der Waals surface area contributed by atoms with Gasteiger partial charge in [-0.05, 0) is 56.2 Å². The van der Waals surface area contributed by atoms with Crippen molar-refractivity contribution in [3.05, 3.63) is 33.3 Å². The number of hydrogen-bond acceptors (Lipinski definition) is 7. The van der Waals surface area contributed by atoms with Crippen molar-refractivity contribution in [2.24, 2.45) is 0 Å². The molecule has 0 aliphatic heterocycles. The van der Waals surface area contributed by atoms with Gasteiger partial charge in [0, 0.05) is 18.1 Å². The van der Waals surface area contributed by atoms with Gasteiger partial charge in [-0.1, -0.05) is 41.3 Å². The van der Waals surface area contributed by atoms with Crippen molar-refractivity contribution >= 4 is 68.1 Å². The highest BCUT2D eigenvalue weighted by atomic mass is 35.5. The average Bonchev–Trinajstić information content (AvgIpc) is 3.28. The first kappa shape index (κ1) is 23.0. The van der Waals surface area contributed by atoms with Crippen LogP contribution in [0.3, 0.4) is 0 Å². The number of aryl methyl sites for hydroxylation is 2. The molecule has 0 bridgehead atoms. The Kier molecular flexibility index (Phi) is 8.15. The number of amides is 1. The molecule has 2 aromatic heterocycles. The standard InChI is InChI=1S/C18H22ClN5OS2.ClH/c1-5-23(6-2)9-10-24(17(25)16-12(4)21-22-27-16)18-20-15-11(3)13(19)7-8-14(15)26-18;/h7-8H,5-6,9-10H2,1-4H3;1H. The van der Waals surface area contributed by atoms with Gasteiger partial charge in [-0.25, -0.2) is 4.98 Å². The largest absolute Gasteiger partial charge is 0.302 e. The molecule has 2 heterocycles. The van der Waals surface area contributed by atoms with E-state index in [2.05, 4.69) is 28.3 Å². The fourth-order valence-electron chi connectivity index (χ4n) is 2.82. The molecule has 0 aliphatic rings. The second-order valence-electron chi connectivity index (χ2n) is 6.19. The zero-order valence-electron chi connectivity index (χ0n) is 16.2. The molecule has 0 atom stereocenters. The van der Waals surface area contributed by atoms with Gasteiger partial charge in [0.15, 0.2) is 5.13 Å². The molecule has 0 saturated heterocycles. The van der Waals surface area contributed by atoms with E-state index in [1.54, 1.807) is 4.90 Å². The Morgan fingerprint density at radius 1 is 1.18 bits per heavy atom. The van der Waals surface area contributed by atoms with E-state index in [9.17, 15) is 4.79 Å². The molecule has 152 valence electrons. The zero-order chi connectivity index (χ0) is 19.6. The number of anilines is 1. The van der Waals surface area contributed by atoms with Crippen LogP contribution in [-0.2, 0) is 0 Å².